The number of fused-ring (bicyclic) bond motifs is 1. The third kappa shape index (κ3) is 2.91. The first-order valence-corrected chi connectivity index (χ1v) is 7.58. The third-order valence-corrected chi connectivity index (χ3v) is 3.74. The lowest BCUT2D eigenvalue weighted by atomic mass is 10.1. The molecule has 1 N–H and O–H groups in total. The van der Waals surface area contributed by atoms with Gasteiger partial charge in [0, 0.05) is 5.56 Å². The normalized spacial score (nSPS) is 13.1. The van der Waals surface area contributed by atoms with E-state index in [4.69, 9.17) is 4.84 Å². The Bertz CT molecular complexity index is 764. The van der Waals surface area contributed by atoms with Crippen LogP contribution in [-0.4, -0.2) is 29.2 Å². The maximum Gasteiger partial charge on any atom is 0.274 e. The highest BCUT2D eigenvalue weighted by Gasteiger charge is 2.34. The van der Waals surface area contributed by atoms with Gasteiger partial charge in [-0.05, 0) is 36.8 Å². The zero-order chi connectivity index (χ0) is 17.1. The predicted molar refractivity (Wildman–Crippen MR) is 86.2 cm³/mol. The second-order valence-electron chi connectivity index (χ2n) is 5.30. The van der Waals surface area contributed by atoms with Gasteiger partial charge in [-0.3, -0.25) is 24.1 Å². The Morgan fingerprint density at radius 3 is 2.12 bits per heavy atom. The lowest BCUT2D eigenvalue weighted by Gasteiger charge is -2.14. The van der Waals surface area contributed by atoms with Crippen molar-refractivity contribution in [1.82, 2.24) is 10.4 Å². The summed E-state index contributed by atoms with van der Waals surface area (Å²) in [6, 6.07) is 13.4. The molecule has 0 aliphatic carbocycles. The summed E-state index contributed by atoms with van der Waals surface area (Å²) in [6.45, 7) is 2.31. The minimum Gasteiger partial charge on any atom is -0.274 e. The van der Waals surface area contributed by atoms with Crippen molar-refractivity contribution in [2.75, 3.05) is 6.61 Å². The number of hydrogen-bond acceptors (Lipinski definition) is 4. The van der Waals surface area contributed by atoms with Crippen LogP contribution < -0.4 is 5.48 Å². The molecule has 0 fully saturated rings. The van der Waals surface area contributed by atoms with Gasteiger partial charge in [-0.15, -0.1) is 0 Å². The van der Waals surface area contributed by atoms with Crippen LogP contribution in [0.5, 0.6) is 0 Å². The van der Waals surface area contributed by atoms with Gasteiger partial charge < -0.3 is 0 Å². The van der Waals surface area contributed by atoms with Crippen molar-refractivity contribution >= 4 is 17.7 Å². The van der Waals surface area contributed by atoms with Crippen LogP contribution in [0.4, 0.5) is 0 Å². The van der Waals surface area contributed by atoms with Gasteiger partial charge >= 0.3 is 0 Å². The summed E-state index contributed by atoms with van der Waals surface area (Å²) in [7, 11) is 0. The molecule has 2 aromatic rings. The van der Waals surface area contributed by atoms with E-state index >= 15 is 0 Å². The molecule has 6 heteroatoms. The fourth-order valence-electron chi connectivity index (χ4n) is 2.52. The number of carbonyl (C=O) groups is 3. The van der Waals surface area contributed by atoms with Gasteiger partial charge in [0.1, 0.15) is 0 Å². The summed E-state index contributed by atoms with van der Waals surface area (Å²) in [6.07, 6.45) is 0. The topological polar surface area (TPSA) is 75.7 Å². The SMILES string of the molecule is CCONC(=O)c1ccc(CN2C(=O)c3ccccc3C2=O)cc1. The number of amides is 3. The van der Waals surface area contributed by atoms with Crippen LogP contribution in [0.25, 0.3) is 0 Å². The quantitative estimate of drug-likeness (QED) is 0.675. The van der Waals surface area contributed by atoms with Crippen molar-refractivity contribution in [3.8, 4) is 0 Å². The van der Waals surface area contributed by atoms with E-state index in [1.54, 1.807) is 55.5 Å². The molecule has 24 heavy (non-hydrogen) atoms. The zero-order valence-corrected chi connectivity index (χ0v) is 13.1. The molecule has 6 nitrogen and oxygen atoms in total. The molecule has 2 aromatic carbocycles. The van der Waals surface area contributed by atoms with E-state index < -0.39 is 0 Å². The molecule has 0 saturated carbocycles. The molecule has 0 bridgehead atoms. The highest BCUT2D eigenvalue weighted by Crippen LogP contribution is 2.24. The van der Waals surface area contributed by atoms with E-state index in [1.165, 1.54) is 4.90 Å². The van der Waals surface area contributed by atoms with Gasteiger partial charge in [-0.1, -0.05) is 24.3 Å². The van der Waals surface area contributed by atoms with Gasteiger partial charge in [0.05, 0.1) is 24.3 Å². The maximum absolute atomic E-state index is 12.3. The van der Waals surface area contributed by atoms with E-state index in [0.29, 0.717) is 23.3 Å². The molecule has 1 aliphatic heterocycles. The summed E-state index contributed by atoms with van der Waals surface area (Å²) in [5, 5.41) is 0. The fraction of sp³-hybridized carbons (Fsp3) is 0.167. The van der Waals surface area contributed by atoms with Crippen molar-refractivity contribution in [1.29, 1.82) is 0 Å². The van der Waals surface area contributed by atoms with E-state index in [0.717, 1.165) is 5.56 Å². The molecule has 3 rings (SSSR count). The number of carbonyl (C=O) groups excluding carboxylic acids is 3. The van der Waals surface area contributed by atoms with Gasteiger partial charge in [0.2, 0.25) is 0 Å². The Balaban J connectivity index is 1.72. The largest absolute Gasteiger partial charge is 0.274 e. The van der Waals surface area contributed by atoms with Gasteiger partial charge in [0.25, 0.3) is 17.7 Å². The van der Waals surface area contributed by atoms with Crippen molar-refractivity contribution in [3.63, 3.8) is 0 Å². The molecule has 0 atom stereocenters. The van der Waals surface area contributed by atoms with Crippen molar-refractivity contribution in [2.45, 2.75) is 13.5 Å². The van der Waals surface area contributed by atoms with E-state index in [1.807, 2.05) is 0 Å². The Morgan fingerprint density at radius 1 is 1.00 bits per heavy atom. The third-order valence-electron chi connectivity index (χ3n) is 3.74. The number of hydrogen-bond donors (Lipinski definition) is 1. The Labute approximate surface area is 139 Å². The Morgan fingerprint density at radius 2 is 1.58 bits per heavy atom. The molecule has 1 aliphatic rings. The van der Waals surface area contributed by atoms with E-state index in [2.05, 4.69) is 5.48 Å². The van der Waals surface area contributed by atoms with Crippen molar-refractivity contribution in [3.05, 3.63) is 70.8 Å². The number of hydroxylamine groups is 1. The molecule has 0 saturated heterocycles. The van der Waals surface area contributed by atoms with Crippen LogP contribution in [0.2, 0.25) is 0 Å². The molecule has 1 heterocycles. The lowest BCUT2D eigenvalue weighted by molar-refractivity contribution is 0.0364. The lowest BCUT2D eigenvalue weighted by Crippen LogP contribution is -2.29. The molecule has 0 radical (unpaired) electrons. The first kappa shape index (κ1) is 15.9. The number of nitrogens with one attached hydrogen (secondary N) is 1. The molecule has 122 valence electrons. The Kier molecular flexibility index (Phi) is 4.39. The highest BCUT2D eigenvalue weighted by atomic mass is 16.6. The number of benzene rings is 2. The van der Waals surface area contributed by atoms with Gasteiger partial charge in [0.15, 0.2) is 0 Å². The van der Waals surface area contributed by atoms with Gasteiger partial charge in [-0.2, -0.15) is 0 Å². The second-order valence-corrected chi connectivity index (χ2v) is 5.30. The average molecular weight is 324 g/mol. The number of imide groups is 1. The van der Waals surface area contributed by atoms with Crippen LogP contribution in [0, 0.1) is 0 Å². The first-order valence-electron chi connectivity index (χ1n) is 7.58. The van der Waals surface area contributed by atoms with Crippen LogP contribution in [0.1, 0.15) is 43.6 Å². The highest BCUT2D eigenvalue weighted by molar-refractivity contribution is 6.21. The van der Waals surface area contributed by atoms with Crippen LogP contribution in [0.15, 0.2) is 48.5 Å². The number of nitrogens with zero attached hydrogens (tertiary/aromatic N) is 1. The molecule has 3 amide bonds. The van der Waals surface area contributed by atoms with Crippen LogP contribution in [-0.2, 0) is 11.4 Å². The molecular weight excluding hydrogens is 308 g/mol. The smallest absolute Gasteiger partial charge is 0.274 e. The summed E-state index contributed by atoms with van der Waals surface area (Å²) in [5.41, 5.74) is 4.36. The zero-order valence-electron chi connectivity index (χ0n) is 13.1. The second kappa shape index (κ2) is 6.64. The fourth-order valence-corrected chi connectivity index (χ4v) is 2.52. The monoisotopic (exact) mass is 324 g/mol. The summed E-state index contributed by atoms with van der Waals surface area (Å²) >= 11 is 0. The Hall–Kier alpha value is -2.99. The average Bonchev–Trinajstić information content (AvgIpc) is 2.85. The number of rotatable bonds is 5. The first-order chi connectivity index (χ1) is 11.6. The predicted octanol–water partition coefficient (Wildman–Crippen LogP) is 2.16. The summed E-state index contributed by atoms with van der Waals surface area (Å²) < 4.78 is 0. The molecular formula is C18H16N2O4. The summed E-state index contributed by atoms with van der Waals surface area (Å²) in [4.78, 5) is 42.5. The van der Waals surface area contributed by atoms with Crippen LogP contribution in [0.3, 0.4) is 0 Å². The summed E-state index contributed by atoms with van der Waals surface area (Å²) in [5.74, 6) is -0.938. The molecule has 0 spiro atoms. The minimum absolute atomic E-state index is 0.166. The molecule has 0 aromatic heterocycles. The minimum atomic E-state index is -0.343. The standard InChI is InChI=1S/C18H16N2O4/c1-2-24-19-16(21)13-9-7-12(8-10-13)11-20-17(22)14-5-3-4-6-15(14)18(20)23/h3-10H,2,11H2,1H3,(H,19,21). The van der Waals surface area contributed by atoms with E-state index in [9.17, 15) is 14.4 Å². The maximum atomic E-state index is 12.3. The molecule has 0 unspecified atom stereocenters. The van der Waals surface area contributed by atoms with E-state index in [-0.39, 0.29) is 24.3 Å². The van der Waals surface area contributed by atoms with Crippen LogP contribution >= 0.6 is 0 Å². The van der Waals surface area contributed by atoms with Crippen molar-refractivity contribution < 1.29 is 19.2 Å². The van der Waals surface area contributed by atoms with Crippen molar-refractivity contribution in [2.24, 2.45) is 0 Å². The van der Waals surface area contributed by atoms with Gasteiger partial charge in [-0.25, -0.2) is 5.48 Å².